The van der Waals surface area contributed by atoms with Crippen molar-refractivity contribution < 1.29 is 8.42 Å². The monoisotopic (exact) mass is 284 g/mol. The van der Waals surface area contributed by atoms with Crippen LogP contribution in [0.4, 0.5) is 0 Å². The van der Waals surface area contributed by atoms with Crippen LogP contribution in [0.25, 0.3) is 0 Å². The molecule has 0 saturated heterocycles. The number of amidine groups is 1. The second-order valence-corrected chi connectivity index (χ2v) is 6.15. The van der Waals surface area contributed by atoms with Crippen LogP contribution in [0.15, 0.2) is 44.8 Å². The van der Waals surface area contributed by atoms with E-state index < -0.39 is 10.0 Å². The fourth-order valence-corrected chi connectivity index (χ4v) is 2.69. The lowest BCUT2D eigenvalue weighted by molar-refractivity contribution is 0.597. The van der Waals surface area contributed by atoms with Crippen molar-refractivity contribution in [1.82, 2.24) is 5.32 Å². The van der Waals surface area contributed by atoms with Crippen LogP contribution < -0.4 is 5.32 Å². The predicted molar refractivity (Wildman–Crippen MR) is 72.1 cm³/mol. The molecule has 0 aromatic heterocycles. The van der Waals surface area contributed by atoms with Crippen LogP contribution in [0.1, 0.15) is 18.4 Å². The molecule has 0 spiro atoms. The first-order chi connectivity index (χ1) is 8.47. The minimum absolute atomic E-state index is 0.197. The summed E-state index contributed by atoms with van der Waals surface area (Å²) in [6.07, 6.45) is 2.67. The van der Waals surface area contributed by atoms with Crippen LogP contribution >= 0.6 is 11.6 Å². The second kappa shape index (κ2) is 5.12. The zero-order valence-electron chi connectivity index (χ0n) is 9.85. The number of halogens is 1. The Bertz CT molecular complexity index is 603. The highest BCUT2D eigenvalue weighted by Crippen LogP contribution is 2.17. The number of hydrogen-bond donors (Lipinski definition) is 1. The van der Waals surface area contributed by atoms with Crippen LogP contribution in [-0.2, 0) is 10.0 Å². The van der Waals surface area contributed by atoms with Crippen molar-refractivity contribution in [3.8, 4) is 0 Å². The van der Waals surface area contributed by atoms with Gasteiger partial charge >= 0.3 is 0 Å². The largest absolute Gasteiger partial charge is 0.348 e. The first kappa shape index (κ1) is 13.1. The van der Waals surface area contributed by atoms with Gasteiger partial charge in [-0.25, -0.2) is 0 Å². The van der Waals surface area contributed by atoms with Crippen LogP contribution in [0.2, 0.25) is 0 Å². The van der Waals surface area contributed by atoms with Gasteiger partial charge in [-0.2, -0.15) is 8.42 Å². The summed E-state index contributed by atoms with van der Waals surface area (Å²) < 4.78 is 27.8. The number of benzene rings is 1. The third-order valence-corrected chi connectivity index (χ3v) is 4.17. The van der Waals surface area contributed by atoms with Crippen molar-refractivity contribution in [3.05, 3.63) is 41.1 Å². The lowest BCUT2D eigenvalue weighted by atomic mass is 10.2. The van der Waals surface area contributed by atoms with E-state index in [9.17, 15) is 8.42 Å². The van der Waals surface area contributed by atoms with Gasteiger partial charge in [0, 0.05) is 17.7 Å². The maximum atomic E-state index is 12.0. The zero-order valence-corrected chi connectivity index (χ0v) is 11.4. The number of sulfonamides is 1. The Balaban J connectivity index is 2.27. The average molecular weight is 285 g/mol. The van der Waals surface area contributed by atoms with Gasteiger partial charge in [-0.15, -0.1) is 4.40 Å². The normalized spacial score (nSPS) is 18.3. The standard InChI is InChI=1S/C12H13ClN2O2S/c1-9-2-5-11(6-3-9)18(16,17)15-12-7-4-10(13)8-14-12/h2-3,5-6,8H,4,7H2,1H3,(H,14,15). The van der Waals surface area contributed by atoms with Gasteiger partial charge in [0.2, 0.25) is 0 Å². The summed E-state index contributed by atoms with van der Waals surface area (Å²) in [4.78, 5) is 0.197. The van der Waals surface area contributed by atoms with Crippen molar-refractivity contribution in [2.75, 3.05) is 0 Å². The maximum absolute atomic E-state index is 12.0. The molecule has 0 fully saturated rings. The molecule has 18 heavy (non-hydrogen) atoms. The smallest absolute Gasteiger partial charge is 0.283 e. The van der Waals surface area contributed by atoms with E-state index in [0.29, 0.717) is 23.7 Å². The van der Waals surface area contributed by atoms with Gasteiger partial charge in [0.25, 0.3) is 10.0 Å². The maximum Gasteiger partial charge on any atom is 0.283 e. The minimum Gasteiger partial charge on any atom is -0.348 e. The van der Waals surface area contributed by atoms with Crippen molar-refractivity contribution in [2.45, 2.75) is 24.7 Å². The van der Waals surface area contributed by atoms with Crippen molar-refractivity contribution in [3.63, 3.8) is 0 Å². The third kappa shape index (κ3) is 3.11. The summed E-state index contributed by atoms with van der Waals surface area (Å²) >= 11 is 5.78. The van der Waals surface area contributed by atoms with E-state index in [2.05, 4.69) is 9.71 Å². The zero-order chi connectivity index (χ0) is 13.2. The van der Waals surface area contributed by atoms with E-state index in [4.69, 9.17) is 11.6 Å². The Morgan fingerprint density at radius 2 is 1.89 bits per heavy atom. The molecule has 1 aliphatic heterocycles. The molecular weight excluding hydrogens is 272 g/mol. The van der Waals surface area contributed by atoms with Crippen molar-refractivity contribution >= 4 is 27.5 Å². The third-order valence-electron chi connectivity index (χ3n) is 2.55. The van der Waals surface area contributed by atoms with Gasteiger partial charge in [0.05, 0.1) is 4.90 Å². The lowest BCUT2D eigenvalue weighted by Crippen LogP contribution is -2.22. The van der Waals surface area contributed by atoms with Gasteiger partial charge in [0.15, 0.2) is 0 Å². The fraction of sp³-hybridized carbons (Fsp3) is 0.250. The molecule has 1 aliphatic rings. The quantitative estimate of drug-likeness (QED) is 0.908. The molecule has 1 aromatic carbocycles. The fourth-order valence-electron chi connectivity index (χ4n) is 1.52. The number of allylic oxidation sites excluding steroid dienone is 1. The highest BCUT2D eigenvalue weighted by atomic mass is 35.5. The summed E-state index contributed by atoms with van der Waals surface area (Å²) in [5, 5.41) is 3.45. The van der Waals surface area contributed by atoms with Crippen LogP contribution in [0.5, 0.6) is 0 Å². The number of hydrogen-bond acceptors (Lipinski definition) is 2. The van der Waals surface area contributed by atoms with Gasteiger partial charge in [-0.05, 0) is 25.5 Å². The molecule has 0 radical (unpaired) electrons. The van der Waals surface area contributed by atoms with Crippen molar-refractivity contribution in [1.29, 1.82) is 0 Å². The molecular formula is C12H13ClN2O2S. The predicted octanol–water partition coefficient (Wildman–Crippen LogP) is 2.55. The minimum atomic E-state index is -3.64. The SMILES string of the molecule is Cc1ccc(S(=O)(=O)N=C2CCC(Cl)=CN2)cc1. The first-order valence-electron chi connectivity index (χ1n) is 5.49. The molecule has 0 amide bonds. The molecule has 0 bridgehead atoms. The van der Waals surface area contributed by atoms with Crippen molar-refractivity contribution in [2.24, 2.45) is 4.40 Å². The Morgan fingerprint density at radius 3 is 2.44 bits per heavy atom. The van der Waals surface area contributed by atoms with E-state index >= 15 is 0 Å². The van der Waals surface area contributed by atoms with Gasteiger partial charge in [-0.3, -0.25) is 0 Å². The highest BCUT2D eigenvalue weighted by molar-refractivity contribution is 7.90. The van der Waals surface area contributed by atoms with E-state index in [0.717, 1.165) is 5.56 Å². The molecule has 4 nitrogen and oxygen atoms in total. The summed E-state index contributed by atoms with van der Waals surface area (Å²) in [6, 6.07) is 6.61. The number of nitrogens with one attached hydrogen (secondary N) is 1. The molecule has 1 heterocycles. The lowest BCUT2D eigenvalue weighted by Gasteiger charge is -2.12. The summed E-state index contributed by atoms with van der Waals surface area (Å²) in [5.74, 6) is 0.417. The first-order valence-corrected chi connectivity index (χ1v) is 7.31. The molecule has 0 aliphatic carbocycles. The number of aryl methyl sites for hydroxylation is 1. The molecule has 96 valence electrons. The Labute approximate surface area is 111 Å². The summed E-state index contributed by atoms with van der Waals surface area (Å²) in [6.45, 7) is 1.90. The Hall–Kier alpha value is -1.33. The molecule has 0 saturated carbocycles. The van der Waals surface area contributed by atoms with Gasteiger partial charge in [0.1, 0.15) is 5.84 Å². The summed E-state index contributed by atoms with van der Waals surface area (Å²) in [5.41, 5.74) is 1.01. The van der Waals surface area contributed by atoms with E-state index in [-0.39, 0.29) is 4.90 Å². The molecule has 2 rings (SSSR count). The highest BCUT2D eigenvalue weighted by Gasteiger charge is 2.15. The van der Waals surface area contributed by atoms with Crippen LogP contribution in [0.3, 0.4) is 0 Å². The molecule has 1 aromatic rings. The molecule has 1 N–H and O–H groups in total. The van der Waals surface area contributed by atoms with E-state index in [1.165, 1.54) is 0 Å². The molecule has 0 unspecified atom stereocenters. The number of nitrogens with zero attached hydrogens (tertiary/aromatic N) is 1. The summed E-state index contributed by atoms with van der Waals surface area (Å²) in [7, 11) is -3.64. The molecule has 6 heteroatoms. The second-order valence-electron chi connectivity index (χ2n) is 4.06. The number of rotatable bonds is 2. The van der Waals surface area contributed by atoms with Crippen LogP contribution in [-0.4, -0.2) is 14.3 Å². The topological polar surface area (TPSA) is 58.5 Å². The Kier molecular flexibility index (Phi) is 3.73. The van der Waals surface area contributed by atoms with Gasteiger partial charge < -0.3 is 5.32 Å². The van der Waals surface area contributed by atoms with Gasteiger partial charge in [-0.1, -0.05) is 29.3 Å². The van der Waals surface area contributed by atoms with E-state index in [1.807, 2.05) is 6.92 Å². The average Bonchev–Trinajstić information content (AvgIpc) is 2.32. The molecule has 0 atom stereocenters. The van der Waals surface area contributed by atoms with Crippen LogP contribution in [0, 0.1) is 6.92 Å². The van der Waals surface area contributed by atoms with E-state index in [1.54, 1.807) is 30.5 Å². The Morgan fingerprint density at radius 1 is 1.22 bits per heavy atom.